The lowest BCUT2D eigenvalue weighted by Gasteiger charge is -2.29. The Hall–Kier alpha value is -2.92. The van der Waals surface area contributed by atoms with Crippen LogP contribution in [-0.4, -0.2) is 47.8 Å². The van der Waals surface area contributed by atoms with Crippen molar-refractivity contribution in [2.45, 2.75) is 31.1 Å². The number of aliphatic imine (C=N–C) groups is 1. The predicted molar refractivity (Wildman–Crippen MR) is 113 cm³/mol. The van der Waals surface area contributed by atoms with Crippen LogP contribution in [0.1, 0.15) is 36.8 Å². The number of sulfonamides is 1. The number of carbonyl (C=O) groups excluding carboxylic acids is 1. The van der Waals surface area contributed by atoms with E-state index in [2.05, 4.69) is 15.3 Å². The number of nitrogens with one attached hydrogen (secondary N) is 1. The van der Waals surface area contributed by atoms with Crippen LogP contribution in [0.5, 0.6) is 0 Å². The van der Waals surface area contributed by atoms with Gasteiger partial charge in [-0.2, -0.15) is 0 Å². The molecule has 11 heteroatoms. The van der Waals surface area contributed by atoms with Crippen molar-refractivity contribution >= 4 is 27.5 Å². The van der Waals surface area contributed by atoms with Gasteiger partial charge in [-0.15, -0.1) is 0 Å². The zero-order valence-corrected chi connectivity index (χ0v) is 18.3. The van der Waals surface area contributed by atoms with E-state index in [1.165, 1.54) is 39.1 Å². The van der Waals surface area contributed by atoms with E-state index in [1.54, 1.807) is 6.92 Å². The molecule has 0 bridgehead atoms. The topological polar surface area (TPSA) is 118 Å². The second-order valence-corrected chi connectivity index (χ2v) is 10.6. The standard InChI is InChI=1S/C20H23F2N5O3S/c1-19(2)18(23)26-20(3,11-27(4)31(19,29)30)14-9-13(6-7-15(14)22)25-17(28)16-8-5-12(21)10-24-16/h5-10H,11H2,1-4H3,(H2,23,26)(H,25,28). The third kappa shape index (κ3) is 4.02. The Morgan fingerprint density at radius 2 is 1.87 bits per heavy atom. The summed E-state index contributed by atoms with van der Waals surface area (Å²) >= 11 is 0. The average Bonchev–Trinajstić information content (AvgIpc) is 2.72. The second kappa shape index (κ2) is 7.65. The van der Waals surface area contributed by atoms with E-state index >= 15 is 0 Å². The number of hydrogen-bond donors (Lipinski definition) is 2. The van der Waals surface area contributed by atoms with Crippen LogP contribution in [0.25, 0.3) is 0 Å². The molecular weight excluding hydrogens is 428 g/mol. The van der Waals surface area contributed by atoms with Gasteiger partial charge in [0, 0.05) is 24.8 Å². The van der Waals surface area contributed by atoms with E-state index in [4.69, 9.17) is 5.73 Å². The number of amides is 1. The zero-order valence-electron chi connectivity index (χ0n) is 17.5. The smallest absolute Gasteiger partial charge is 0.274 e. The number of benzene rings is 1. The molecular formula is C20H23F2N5O3S. The molecule has 3 rings (SSSR count). The van der Waals surface area contributed by atoms with Crippen LogP contribution in [-0.2, 0) is 15.6 Å². The lowest BCUT2D eigenvalue weighted by Crippen LogP contribution is -2.50. The normalized spacial score (nSPS) is 23.0. The molecule has 1 aromatic heterocycles. The van der Waals surface area contributed by atoms with E-state index in [0.29, 0.717) is 0 Å². The van der Waals surface area contributed by atoms with Gasteiger partial charge in [-0.1, -0.05) is 0 Å². The zero-order chi connectivity index (χ0) is 23.2. The Bertz CT molecular complexity index is 1170. The maximum Gasteiger partial charge on any atom is 0.274 e. The Balaban J connectivity index is 2.02. The molecule has 1 amide bonds. The number of halogens is 2. The van der Waals surface area contributed by atoms with Crippen LogP contribution in [0.2, 0.25) is 0 Å². The van der Waals surface area contributed by atoms with Gasteiger partial charge in [0.1, 0.15) is 33.4 Å². The summed E-state index contributed by atoms with van der Waals surface area (Å²) in [6.45, 7) is 4.28. The molecule has 1 unspecified atom stereocenters. The predicted octanol–water partition coefficient (Wildman–Crippen LogP) is 2.24. The molecule has 1 aliphatic heterocycles. The molecule has 0 spiro atoms. The largest absolute Gasteiger partial charge is 0.386 e. The number of amidine groups is 1. The highest BCUT2D eigenvalue weighted by molar-refractivity contribution is 7.91. The molecule has 2 heterocycles. The molecule has 3 N–H and O–H groups in total. The summed E-state index contributed by atoms with van der Waals surface area (Å²) in [4.78, 5) is 20.5. The third-order valence-corrected chi connectivity index (χ3v) is 7.78. The maximum atomic E-state index is 14.8. The van der Waals surface area contributed by atoms with Gasteiger partial charge in [-0.05, 0) is 51.1 Å². The van der Waals surface area contributed by atoms with Gasteiger partial charge in [-0.25, -0.2) is 26.5 Å². The van der Waals surface area contributed by atoms with Crippen molar-refractivity contribution in [1.29, 1.82) is 0 Å². The van der Waals surface area contributed by atoms with Crippen molar-refractivity contribution in [1.82, 2.24) is 9.29 Å². The van der Waals surface area contributed by atoms with Crippen LogP contribution < -0.4 is 11.1 Å². The van der Waals surface area contributed by atoms with E-state index in [0.717, 1.165) is 22.6 Å². The number of nitrogens with zero attached hydrogens (tertiary/aromatic N) is 3. The van der Waals surface area contributed by atoms with Crippen molar-refractivity contribution in [2.24, 2.45) is 10.7 Å². The van der Waals surface area contributed by atoms with Crippen LogP contribution >= 0.6 is 0 Å². The number of carbonyl (C=O) groups is 1. The molecule has 1 atom stereocenters. The van der Waals surface area contributed by atoms with Crippen molar-refractivity contribution in [2.75, 3.05) is 18.9 Å². The van der Waals surface area contributed by atoms with E-state index < -0.39 is 37.9 Å². The lowest BCUT2D eigenvalue weighted by atomic mass is 9.91. The SMILES string of the molecule is CN1CC(C)(c2cc(NC(=O)c3ccc(F)cn3)ccc2F)N=C(N)C(C)(C)S1(=O)=O. The first kappa shape index (κ1) is 22.8. The highest BCUT2D eigenvalue weighted by Crippen LogP contribution is 2.36. The molecule has 1 aromatic carbocycles. The Kier molecular flexibility index (Phi) is 5.61. The van der Waals surface area contributed by atoms with Crippen LogP contribution in [0.15, 0.2) is 41.5 Å². The summed E-state index contributed by atoms with van der Waals surface area (Å²) in [5.74, 6) is -1.99. The van der Waals surface area contributed by atoms with Gasteiger partial charge in [0.25, 0.3) is 5.91 Å². The maximum absolute atomic E-state index is 14.8. The molecule has 0 radical (unpaired) electrons. The highest BCUT2D eigenvalue weighted by atomic mass is 32.2. The number of anilines is 1. The fourth-order valence-electron chi connectivity index (χ4n) is 3.34. The fourth-order valence-corrected chi connectivity index (χ4v) is 4.85. The minimum atomic E-state index is -3.84. The van der Waals surface area contributed by atoms with Gasteiger partial charge in [0.2, 0.25) is 10.0 Å². The molecule has 1 aliphatic rings. The summed E-state index contributed by atoms with van der Waals surface area (Å²) in [5, 5.41) is 2.57. The summed E-state index contributed by atoms with van der Waals surface area (Å²) in [6.07, 6.45) is 0.910. The molecule has 0 saturated carbocycles. The molecule has 2 aromatic rings. The van der Waals surface area contributed by atoms with E-state index in [-0.39, 0.29) is 29.3 Å². The first-order valence-corrected chi connectivity index (χ1v) is 10.8. The Labute approximate surface area is 179 Å². The Morgan fingerprint density at radius 1 is 1.19 bits per heavy atom. The first-order valence-electron chi connectivity index (χ1n) is 9.32. The van der Waals surface area contributed by atoms with Crippen LogP contribution in [0.4, 0.5) is 14.5 Å². The van der Waals surface area contributed by atoms with Crippen molar-refractivity contribution in [3.8, 4) is 0 Å². The fraction of sp³-hybridized carbons (Fsp3) is 0.350. The number of aromatic nitrogens is 1. The Morgan fingerprint density at radius 3 is 2.48 bits per heavy atom. The van der Waals surface area contributed by atoms with Crippen LogP contribution in [0, 0.1) is 11.6 Å². The summed E-state index contributed by atoms with van der Waals surface area (Å²) in [5.41, 5.74) is 4.95. The molecule has 0 saturated heterocycles. The first-order chi connectivity index (χ1) is 14.3. The number of hydrogen-bond acceptors (Lipinski definition) is 6. The van der Waals surface area contributed by atoms with Crippen LogP contribution in [0.3, 0.4) is 0 Å². The van der Waals surface area contributed by atoms with Crippen molar-refractivity contribution < 1.29 is 22.0 Å². The number of nitrogens with two attached hydrogens (primary N) is 1. The number of pyridine rings is 1. The van der Waals surface area contributed by atoms with E-state index in [1.807, 2.05) is 0 Å². The van der Waals surface area contributed by atoms with Gasteiger partial charge in [0.15, 0.2) is 0 Å². The lowest BCUT2D eigenvalue weighted by molar-refractivity contribution is 0.102. The summed E-state index contributed by atoms with van der Waals surface area (Å²) in [6, 6.07) is 6.17. The summed E-state index contributed by atoms with van der Waals surface area (Å²) in [7, 11) is -2.46. The minimum absolute atomic E-state index is 0.0252. The number of rotatable bonds is 3. The van der Waals surface area contributed by atoms with Gasteiger partial charge in [-0.3, -0.25) is 9.79 Å². The summed E-state index contributed by atoms with van der Waals surface area (Å²) < 4.78 is 53.2. The van der Waals surface area contributed by atoms with Gasteiger partial charge < -0.3 is 11.1 Å². The quantitative estimate of drug-likeness (QED) is 0.742. The minimum Gasteiger partial charge on any atom is -0.386 e. The molecule has 0 fully saturated rings. The second-order valence-electron chi connectivity index (χ2n) is 8.05. The van der Waals surface area contributed by atoms with Gasteiger partial charge >= 0.3 is 0 Å². The van der Waals surface area contributed by atoms with E-state index in [9.17, 15) is 22.0 Å². The monoisotopic (exact) mass is 451 g/mol. The van der Waals surface area contributed by atoms with Gasteiger partial charge in [0.05, 0.1) is 6.20 Å². The molecule has 166 valence electrons. The van der Waals surface area contributed by atoms with Crippen molar-refractivity contribution in [3.05, 3.63) is 59.4 Å². The van der Waals surface area contributed by atoms with Crippen molar-refractivity contribution in [3.63, 3.8) is 0 Å². The average molecular weight is 451 g/mol. The highest BCUT2D eigenvalue weighted by Gasteiger charge is 2.48. The number of likely N-dealkylation sites (N-methyl/N-ethyl adjacent to an activating group) is 1. The molecule has 31 heavy (non-hydrogen) atoms. The molecule has 0 aliphatic carbocycles. The third-order valence-electron chi connectivity index (χ3n) is 5.33. The molecule has 8 nitrogen and oxygen atoms in total.